The van der Waals surface area contributed by atoms with Crippen LogP contribution in [0.25, 0.3) is 10.8 Å². The van der Waals surface area contributed by atoms with E-state index in [9.17, 15) is 14.4 Å². The van der Waals surface area contributed by atoms with E-state index in [1.165, 1.54) is 4.90 Å². The molecule has 10 nitrogen and oxygen atoms in total. The normalized spacial score (nSPS) is 15.6. The van der Waals surface area contributed by atoms with Crippen molar-refractivity contribution >= 4 is 34.9 Å². The van der Waals surface area contributed by atoms with Gasteiger partial charge in [-0.3, -0.25) is 14.5 Å². The predicted octanol–water partition coefficient (Wildman–Crippen LogP) is 6.70. The summed E-state index contributed by atoms with van der Waals surface area (Å²) in [5, 5.41) is 1.98. The molecule has 1 aliphatic heterocycles. The van der Waals surface area contributed by atoms with E-state index in [2.05, 4.69) is 0 Å². The van der Waals surface area contributed by atoms with E-state index >= 15 is 0 Å². The summed E-state index contributed by atoms with van der Waals surface area (Å²) in [6.45, 7) is 6.99. The zero-order valence-corrected chi connectivity index (χ0v) is 27.8. The SMILES string of the molecule is COc1ccccc1COCCCOc1ccc(N2C(=O)CN(C(=O)OC(C)(C)C)C[C@@H]2C(OC=O)c2ccc3ccccc3c2)cc1. The van der Waals surface area contributed by atoms with Gasteiger partial charge < -0.3 is 28.6 Å². The van der Waals surface area contributed by atoms with E-state index in [0.717, 1.165) is 22.1 Å². The number of nitrogens with zero attached hydrogens (tertiary/aromatic N) is 2. The molecule has 48 heavy (non-hydrogen) atoms. The van der Waals surface area contributed by atoms with Crippen molar-refractivity contribution in [2.75, 3.05) is 38.3 Å². The lowest BCUT2D eigenvalue weighted by molar-refractivity contribution is -0.137. The Morgan fingerprint density at radius 3 is 2.40 bits per heavy atom. The van der Waals surface area contributed by atoms with Crippen LogP contribution in [0.15, 0.2) is 91.0 Å². The highest BCUT2D eigenvalue weighted by Gasteiger charge is 2.42. The van der Waals surface area contributed by atoms with Gasteiger partial charge in [-0.2, -0.15) is 0 Å². The molecule has 5 rings (SSSR count). The lowest BCUT2D eigenvalue weighted by atomic mass is 9.95. The molecule has 0 bridgehead atoms. The number of carbonyl (C=O) groups is 3. The molecule has 0 aromatic heterocycles. The van der Waals surface area contributed by atoms with Crippen molar-refractivity contribution in [2.45, 2.75) is 51.5 Å². The summed E-state index contributed by atoms with van der Waals surface area (Å²) < 4.78 is 28.4. The summed E-state index contributed by atoms with van der Waals surface area (Å²) in [6.07, 6.45) is -0.798. The molecule has 1 heterocycles. The highest BCUT2D eigenvalue weighted by Crippen LogP contribution is 2.34. The Hall–Kier alpha value is -5.09. The molecule has 1 unspecified atom stereocenters. The number of carbonyl (C=O) groups excluding carboxylic acids is 3. The Kier molecular flexibility index (Phi) is 11.2. The first-order valence-corrected chi connectivity index (χ1v) is 16.0. The van der Waals surface area contributed by atoms with Crippen LogP contribution in [0.3, 0.4) is 0 Å². The lowest BCUT2D eigenvalue weighted by Gasteiger charge is -2.43. The Balaban J connectivity index is 1.31. The number of methoxy groups -OCH3 is 1. The summed E-state index contributed by atoms with van der Waals surface area (Å²) in [7, 11) is 1.64. The maximum Gasteiger partial charge on any atom is 0.410 e. The molecular formula is C38H42N2O8. The van der Waals surface area contributed by atoms with E-state index in [-0.39, 0.29) is 19.0 Å². The quantitative estimate of drug-likeness (QED) is 0.116. The number of para-hydroxylation sites is 1. The van der Waals surface area contributed by atoms with Crippen molar-refractivity contribution in [3.05, 3.63) is 102 Å². The fraction of sp³-hybridized carbons (Fsp3) is 0.342. The standard InChI is InChI=1S/C38H42N2O8/c1-38(2,3)48-37(43)39-23-33(36(47-26-41)29-15-14-27-10-5-6-11-28(27)22-29)40(35(42)24-39)31-16-18-32(19-17-31)46-21-9-20-45-25-30-12-7-8-13-34(30)44-4/h5-8,10-19,22,26,33,36H,9,20-21,23-25H2,1-4H3/t33-,36?/m1/s1. The van der Waals surface area contributed by atoms with Crippen LogP contribution in [-0.2, 0) is 30.4 Å². The van der Waals surface area contributed by atoms with E-state index in [1.54, 1.807) is 57.0 Å². The number of hydrogen-bond donors (Lipinski definition) is 0. The van der Waals surface area contributed by atoms with Gasteiger partial charge in [0.05, 0.1) is 33.0 Å². The van der Waals surface area contributed by atoms with Gasteiger partial charge in [-0.05, 0) is 73.5 Å². The van der Waals surface area contributed by atoms with Gasteiger partial charge in [-0.25, -0.2) is 4.79 Å². The number of fused-ring (bicyclic) bond motifs is 1. The van der Waals surface area contributed by atoms with E-state index in [0.29, 0.717) is 49.7 Å². The third-order valence-corrected chi connectivity index (χ3v) is 7.91. The minimum Gasteiger partial charge on any atom is -0.496 e. The molecule has 0 aliphatic carbocycles. The fourth-order valence-corrected chi connectivity index (χ4v) is 5.72. The second kappa shape index (κ2) is 15.7. The Bertz CT molecular complexity index is 1700. The van der Waals surface area contributed by atoms with Gasteiger partial charge in [-0.15, -0.1) is 0 Å². The number of piperazine rings is 1. The Labute approximate surface area is 281 Å². The topological polar surface area (TPSA) is 104 Å². The summed E-state index contributed by atoms with van der Waals surface area (Å²) in [4.78, 5) is 41.8. The average Bonchev–Trinajstić information content (AvgIpc) is 3.08. The number of ether oxygens (including phenoxy) is 5. The van der Waals surface area contributed by atoms with E-state index in [4.69, 9.17) is 23.7 Å². The smallest absolute Gasteiger partial charge is 0.410 e. The van der Waals surface area contributed by atoms with E-state index in [1.807, 2.05) is 66.7 Å². The average molecular weight is 655 g/mol. The lowest BCUT2D eigenvalue weighted by Crippen LogP contribution is -2.60. The number of amides is 2. The Morgan fingerprint density at radius 1 is 0.938 bits per heavy atom. The third-order valence-electron chi connectivity index (χ3n) is 7.91. The molecule has 1 fully saturated rings. The molecule has 4 aromatic rings. The van der Waals surface area contributed by atoms with Crippen LogP contribution in [0.5, 0.6) is 11.5 Å². The predicted molar refractivity (Wildman–Crippen MR) is 182 cm³/mol. The number of benzene rings is 4. The zero-order chi connectivity index (χ0) is 34.1. The first kappa shape index (κ1) is 34.3. The summed E-state index contributed by atoms with van der Waals surface area (Å²) in [6, 6.07) is 27.8. The van der Waals surface area contributed by atoms with Crippen molar-refractivity contribution in [1.29, 1.82) is 0 Å². The molecule has 0 radical (unpaired) electrons. The molecule has 2 atom stereocenters. The third kappa shape index (κ3) is 8.63. The van der Waals surface area contributed by atoms with Gasteiger partial charge in [0.15, 0.2) is 0 Å². The molecular weight excluding hydrogens is 612 g/mol. The van der Waals surface area contributed by atoms with Crippen molar-refractivity contribution in [2.24, 2.45) is 0 Å². The molecule has 0 N–H and O–H groups in total. The van der Waals surface area contributed by atoms with Gasteiger partial charge in [0.1, 0.15) is 29.7 Å². The summed E-state index contributed by atoms with van der Waals surface area (Å²) in [5.41, 5.74) is 1.52. The molecule has 2 amide bonds. The van der Waals surface area contributed by atoms with Crippen LogP contribution < -0.4 is 14.4 Å². The van der Waals surface area contributed by atoms with Crippen LogP contribution in [0.1, 0.15) is 44.4 Å². The largest absolute Gasteiger partial charge is 0.496 e. The maximum atomic E-state index is 13.8. The van der Waals surface area contributed by atoms with Gasteiger partial charge in [0.25, 0.3) is 6.47 Å². The zero-order valence-electron chi connectivity index (χ0n) is 27.8. The molecule has 1 saturated heterocycles. The number of rotatable bonds is 13. The number of anilines is 1. The molecule has 1 aliphatic rings. The number of hydrogen-bond acceptors (Lipinski definition) is 8. The first-order valence-electron chi connectivity index (χ1n) is 16.0. The van der Waals surface area contributed by atoms with Crippen LogP contribution in [-0.4, -0.2) is 68.4 Å². The second-order valence-corrected chi connectivity index (χ2v) is 12.5. The van der Waals surface area contributed by atoms with Crippen molar-refractivity contribution < 1.29 is 38.1 Å². The minimum absolute atomic E-state index is 0.0824. The monoisotopic (exact) mass is 654 g/mol. The summed E-state index contributed by atoms with van der Waals surface area (Å²) >= 11 is 0. The molecule has 10 heteroatoms. The fourth-order valence-electron chi connectivity index (χ4n) is 5.72. The van der Waals surface area contributed by atoms with Crippen molar-refractivity contribution in [3.8, 4) is 11.5 Å². The van der Waals surface area contributed by atoms with Crippen molar-refractivity contribution in [3.63, 3.8) is 0 Å². The Morgan fingerprint density at radius 2 is 1.67 bits per heavy atom. The van der Waals surface area contributed by atoms with Crippen LogP contribution in [0.2, 0.25) is 0 Å². The second-order valence-electron chi connectivity index (χ2n) is 12.5. The molecule has 0 spiro atoms. The van der Waals surface area contributed by atoms with Gasteiger partial charge in [0, 0.05) is 24.2 Å². The van der Waals surface area contributed by atoms with Gasteiger partial charge >= 0.3 is 6.09 Å². The van der Waals surface area contributed by atoms with Crippen molar-refractivity contribution in [1.82, 2.24) is 4.90 Å². The van der Waals surface area contributed by atoms with Gasteiger partial charge in [0.2, 0.25) is 5.91 Å². The molecule has 0 saturated carbocycles. The highest BCUT2D eigenvalue weighted by atomic mass is 16.6. The molecule has 4 aromatic carbocycles. The summed E-state index contributed by atoms with van der Waals surface area (Å²) in [5.74, 6) is 1.09. The first-order chi connectivity index (χ1) is 23.2. The minimum atomic E-state index is -0.868. The van der Waals surface area contributed by atoms with Crippen LogP contribution >= 0.6 is 0 Å². The van der Waals surface area contributed by atoms with Crippen LogP contribution in [0, 0.1) is 0 Å². The highest BCUT2D eigenvalue weighted by molar-refractivity contribution is 5.98. The molecule has 252 valence electrons. The maximum absolute atomic E-state index is 13.8. The van der Waals surface area contributed by atoms with Crippen LogP contribution in [0.4, 0.5) is 10.5 Å². The van der Waals surface area contributed by atoms with E-state index < -0.39 is 23.8 Å². The van der Waals surface area contributed by atoms with Gasteiger partial charge in [-0.1, -0.05) is 54.6 Å².